The zero-order chi connectivity index (χ0) is 24.4. The van der Waals surface area contributed by atoms with Crippen molar-refractivity contribution in [2.75, 3.05) is 14.2 Å². The van der Waals surface area contributed by atoms with Crippen molar-refractivity contribution in [1.29, 1.82) is 0 Å². The molecule has 6 heteroatoms. The van der Waals surface area contributed by atoms with Gasteiger partial charge in [-0.05, 0) is 49.2 Å². The number of methoxy groups -OCH3 is 2. The largest absolute Gasteiger partial charge is 0.507 e. The molecule has 1 aliphatic rings. The maximum Gasteiger partial charge on any atom is 0.295 e. The summed E-state index contributed by atoms with van der Waals surface area (Å²) in [4.78, 5) is 28.1. The lowest BCUT2D eigenvalue weighted by Crippen LogP contribution is -2.29. The molecule has 1 amide bonds. The lowest BCUT2D eigenvalue weighted by Gasteiger charge is -2.26. The number of hydrogen-bond acceptors (Lipinski definition) is 5. The molecule has 0 saturated carbocycles. The molecule has 0 radical (unpaired) electrons. The Balaban J connectivity index is 1.90. The SMILES string of the molecule is COc1cccc(CN2C(=O)C(=O)/C(=C(/O)c3cc(C)ccc3OC)C2c2cccc(C)c2)c1. The van der Waals surface area contributed by atoms with E-state index in [-0.39, 0.29) is 17.9 Å². The number of hydrogen-bond donors (Lipinski definition) is 1. The van der Waals surface area contributed by atoms with Crippen LogP contribution >= 0.6 is 0 Å². The van der Waals surface area contributed by atoms with Crippen LogP contribution in [0.1, 0.15) is 33.9 Å². The zero-order valence-corrected chi connectivity index (χ0v) is 19.7. The lowest BCUT2D eigenvalue weighted by molar-refractivity contribution is -0.140. The van der Waals surface area contributed by atoms with Gasteiger partial charge in [-0.2, -0.15) is 0 Å². The van der Waals surface area contributed by atoms with Gasteiger partial charge in [-0.25, -0.2) is 0 Å². The third-order valence-corrected chi connectivity index (χ3v) is 5.99. The van der Waals surface area contributed by atoms with E-state index in [4.69, 9.17) is 9.47 Å². The van der Waals surface area contributed by atoms with Crippen LogP contribution in [0.15, 0.2) is 72.3 Å². The minimum absolute atomic E-state index is 0.0439. The molecule has 3 aromatic carbocycles. The van der Waals surface area contributed by atoms with E-state index in [1.54, 1.807) is 19.2 Å². The van der Waals surface area contributed by atoms with Crippen LogP contribution in [0.3, 0.4) is 0 Å². The van der Waals surface area contributed by atoms with Gasteiger partial charge in [0.25, 0.3) is 11.7 Å². The summed E-state index contributed by atoms with van der Waals surface area (Å²) in [6.07, 6.45) is 0. The molecule has 0 spiro atoms. The van der Waals surface area contributed by atoms with Crippen molar-refractivity contribution in [2.45, 2.75) is 26.4 Å². The highest BCUT2D eigenvalue weighted by Gasteiger charge is 2.46. The average Bonchev–Trinajstić information content (AvgIpc) is 3.08. The highest BCUT2D eigenvalue weighted by molar-refractivity contribution is 6.46. The summed E-state index contributed by atoms with van der Waals surface area (Å²) in [6, 6.07) is 19.6. The minimum Gasteiger partial charge on any atom is -0.507 e. The van der Waals surface area contributed by atoms with E-state index in [1.807, 2.05) is 68.4 Å². The maximum absolute atomic E-state index is 13.3. The van der Waals surface area contributed by atoms with E-state index < -0.39 is 17.7 Å². The van der Waals surface area contributed by atoms with Gasteiger partial charge < -0.3 is 19.5 Å². The van der Waals surface area contributed by atoms with Crippen LogP contribution < -0.4 is 9.47 Å². The number of ketones is 1. The molecule has 0 aliphatic carbocycles. The Labute approximate surface area is 199 Å². The summed E-state index contributed by atoms with van der Waals surface area (Å²) < 4.78 is 10.7. The molecule has 1 aliphatic heterocycles. The number of carbonyl (C=O) groups is 2. The summed E-state index contributed by atoms with van der Waals surface area (Å²) in [6.45, 7) is 4.01. The van der Waals surface area contributed by atoms with E-state index in [1.165, 1.54) is 12.0 Å². The third-order valence-electron chi connectivity index (χ3n) is 5.99. The van der Waals surface area contributed by atoms with Crippen molar-refractivity contribution in [1.82, 2.24) is 4.90 Å². The smallest absolute Gasteiger partial charge is 0.295 e. The van der Waals surface area contributed by atoms with Gasteiger partial charge in [-0.1, -0.05) is 53.6 Å². The number of benzene rings is 3. The first-order chi connectivity index (χ1) is 16.3. The van der Waals surface area contributed by atoms with Gasteiger partial charge in [0.05, 0.1) is 31.4 Å². The van der Waals surface area contributed by atoms with Crippen LogP contribution in [0, 0.1) is 13.8 Å². The molecule has 4 rings (SSSR count). The third kappa shape index (κ3) is 4.27. The minimum atomic E-state index is -0.753. The number of amides is 1. The summed E-state index contributed by atoms with van der Waals surface area (Å²) in [5.41, 5.74) is 3.85. The van der Waals surface area contributed by atoms with E-state index in [0.29, 0.717) is 17.1 Å². The first kappa shape index (κ1) is 23.1. The number of aliphatic hydroxyl groups excluding tert-OH is 1. The van der Waals surface area contributed by atoms with Crippen LogP contribution in [0.4, 0.5) is 0 Å². The van der Waals surface area contributed by atoms with E-state index in [0.717, 1.165) is 22.3 Å². The molecule has 1 fully saturated rings. The second kappa shape index (κ2) is 9.43. The number of rotatable bonds is 6. The quantitative estimate of drug-likeness (QED) is 0.322. The predicted molar refractivity (Wildman–Crippen MR) is 130 cm³/mol. The molecule has 1 N–H and O–H groups in total. The second-order valence-electron chi connectivity index (χ2n) is 8.40. The number of Topliss-reactive ketones (excluding diaryl/α,β-unsaturated/α-hetero) is 1. The molecule has 174 valence electrons. The number of aliphatic hydroxyl groups is 1. The Morgan fingerprint density at radius 2 is 1.65 bits per heavy atom. The second-order valence-corrected chi connectivity index (χ2v) is 8.40. The summed E-state index contributed by atoms with van der Waals surface area (Å²) in [5, 5.41) is 11.4. The molecule has 1 heterocycles. The Kier molecular flexibility index (Phi) is 6.41. The van der Waals surface area contributed by atoms with Crippen LogP contribution in [0.25, 0.3) is 5.76 Å². The standard InChI is InChI=1S/C28H27NO5/c1-17-7-5-9-20(13-17)25-24(26(30)22-14-18(2)11-12-23(22)34-4)27(31)28(32)29(25)16-19-8-6-10-21(15-19)33-3/h5-15,25,30H,16H2,1-4H3/b26-24+. The Morgan fingerprint density at radius 1 is 0.912 bits per heavy atom. The van der Waals surface area contributed by atoms with Crippen molar-refractivity contribution in [3.05, 3.63) is 100 Å². The molecule has 1 atom stereocenters. The van der Waals surface area contributed by atoms with E-state index >= 15 is 0 Å². The van der Waals surface area contributed by atoms with Gasteiger partial charge in [0.15, 0.2) is 0 Å². The van der Waals surface area contributed by atoms with Crippen LogP contribution in [-0.2, 0) is 16.1 Å². The van der Waals surface area contributed by atoms with Crippen molar-refractivity contribution in [2.24, 2.45) is 0 Å². The summed E-state index contributed by atoms with van der Waals surface area (Å²) >= 11 is 0. The van der Waals surface area contributed by atoms with E-state index in [9.17, 15) is 14.7 Å². The van der Waals surface area contributed by atoms with Crippen molar-refractivity contribution < 1.29 is 24.2 Å². The van der Waals surface area contributed by atoms with Crippen molar-refractivity contribution >= 4 is 17.4 Å². The highest BCUT2D eigenvalue weighted by atomic mass is 16.5. The zero-order valence-electron chi connectivity index (χ0n) is 19.7. The van der Waals surface area contributed by atoms with Gasteiger partial charge in [0.1, 0.15) is 17.3 Å². The fraction of sp³-hybridized carbons (Fsp3) is 0.214. The van der Waals surface area contributed by atoms with Gasteiger partial charge >= 0.3 is 0 Å². The normalized spacial score (nSPS) is 17.2. The molecule has 3 aromatic rings. The molecule has 0 bridgehead atoms. The first-order valence-corrected chi connectivity index (χ1v) is 11.0. The molecule has 0 aromatic heterocycles. The molecular formula is C28H27NO5. The monoisotopic (exact) mass is 457 g/mol. The topological polar surface area (TPSA) is 76.1 Å². The van der Waals surface area contributed by atoms with Gasteiger partial charge in [0, 0.05) is 6.54 Å². The number of likely N-dealkylation sites (tertiary alicyclic amines) is 1. The molecule has 6 nitrogen and oxygen atoms in total. The maximum atomic E-state index is 13.3. The van der Waals surface area contributed by atoms with Crippen molar-refractivity contribution in [3.8, 4) is 11.5 Å². The van der Waals surface area contributed by atoms with Crippen molar-refractivity contribution in [3.63, 3.8) is 0 Å². The average molecular weight is 458 g/mol. The van der Waals surface area contributed by atoms with Crippen LogP contribution in [-0.4, -0.2) is 35.9 Å². The van der Waals surface area contributed by atoms with Crippen LogP contribution in [0.2, 0.25) is 0 Å². The Hall–Kier alpha value is -4.06. The number of nitrogens with zero attached hydrogens (tertiary/aromatic N) is 1. The summed E-state index contributed by atoms with van der Waals surface area (Å²) in [7, 11) is 3.08. The number of aryl methyl sites for hydroxylation is 2. The Bertz CT molecular complexity index is 1290. The lowest BCUT2D eigenvalue weighted by atomic mass is 9.93. The first-order valence-electron chi connectivity index (χ1n) is 11.0. The number of carbonyl (C=O) groups excluding carboxylic acids is 2. The summed E-state index contributed by atoms with van der Waals surface area (Å²) in [5.74, 6) is -0.563. The molecule has 1 unspecified atom stereocenters. The van der Waals surface area contributed by atoms with Crippen LogP contribution in [0.5, 0.6) is 11.5 Å². The van der Waals surface area contributed by atoms with Gasteiger partial charge in [-0.3, -0.25) is 9.59 Å². The van der Waals surface area contributed by atoms with Gasteiger partial charge in [-0.15, -0.1) is 0 Å². The predicted octanol–water partition coefficient (Wildman–Crippen LogP) is 4.94. The fourth-order valence-electron chi connectivity index (χ4n) is 4.35. The fourth-order valence-corrected chi connectivity index (χ4v) is 4.35. The molecular weight excluding hydrogens is 430 g/mol. The number of ether oxygens (including phenoxy) is 2. The highest BCUT2D eigenvalue weighted by Crippen LogP contribution is 2.42. The molecule has 34 heavy (non-hydrogen) atoms. The van der Waals surface area contributed by atoms with Gasteiger partial charge in [0.2, 0.25) is 0 Å². The Morgan fingerprint density at radius 3 is 2.35 bits per heavy atom. The molecule has 1 saturated heterocycles. The van der Waals surface area contributed by atoms with E-state index in [2.05, 4.69) is 0 Å².